The Morgan fingerprint density at radius 2 is 1.00 bits per heavy atom. The molecule has 1 unspecified atom stereocenters. The lowest BCUT2D eigenvalue weighted by Crippen LogP contribution is -2.13. The Morgan fingerprint density at radius 1 is 0.667 bits per heavy atom. The zero-order valence-corrected chi connectivity index (χ0v) is 19.9. The highest BCUT2D eigenvalue weighted by atomic mass is 19.3. The minimum atomic E-state index is -2.63. The Hall–Kier alpha value is -3.56. The zero-order chi connectivity index (χ0) is 25.6. The molecule has 0 amide bonds. The van der Waals surface area contributed by atoms with E-state index >= 15 is 0 Å². The summed E-state index contributed by atoms with van der Waals surface area (Å²) in [7, 11) is 0. The molecule has 4 heterocycles. The van der Waals surface area contributed by atoms with Gasteiger partial charge in [0.05, 0.1) is 10.8 Å². The molecule has 2 fully saturated rings. The molecular weight excluding hydrogens is 472 g/mol. The first-order valence-electron chi connectivity index (χ1n) is 11.6. The minimum absolute atomic E-state index is 0.123. The maximum Gasteiger partial charge on any atom is 0.261 e. The molecule has 0 saturated heterocycles. The van der Waals surface area contributed by atoms with Crippen molar-refractivity contribution in [3.63, 3.8) is 0 Å². The Balaban J connectivity index is 0.000000148. The number of H-pyrrole nitrogens is 2. The van der Waals surface area contributed by atoms with Crippen molar-refractivity contribution in [3.8, 4) is 0 Å². The fourth-order valence-electron chi connectivity index (χ4n) is 4.21. The smallest absolute Gasteiger partial charge is 0.261 e. The molecule has 6 nitrogen and oxygen atoms in total. The van der Waals surface area contributed by atoms with Gasteiger partial charge in [-0.05, 0) is 49.2 Å². The Morgan fingerprint density at radius 3 is 1.31 bits per heavy atom. The summed E-state index contributed by atoms with van der Waals surface area (Å²) in [5.41, 5.74) is 1.63. The van der Waals surface area contributed by atoms with Gasteiger partial charge in [-0.3, -0.25) is 9.97 Å². The third kappa shape index (κ3) is 4.52. The van der Waals surface area contributed by atoms with Crippen molar-refractivity contribution in [1.29, 1.82) is 0 Å². The molecular formula is C26H26F4N6. The summed E-state index contributed by atoms with van der Waals surface area (Å²) in [5, 5.41) is 0. The number of nitrogens with zero attached hydrogens (tertiary/aromatic N) is 4. The van der Waals surface area contributed by atoms with Crippen LogP contribution in [0.1, 0.15) is 60.9 Å². The van der Waals surface area contributed by atoms with Crippen molar-refractivity contribution < 1.29 is 17.6 Å². The number of aromatic amines is 2. The molecule has 188 valence electrons. The van der Waals surface area contributed by atoms with Crippen LogP contribution in [0, 0.1) is 0 Å². The minimum Gasteiger partial charge on any atom is -0.345 e. The number of imidazole rings is 2. The fraction of sp³-hybridized carbons (Fsp3) is 0.385. The predicted octanol–water partition coefficient (Wildman–Crippen LogP) is 5.38. The van der Waals surface area contributed by atoms with Crippen molar-refractivity contribution in [2.75, 3.05) is 0 Å². The monoisotopic (exact) mass is 498 g/mol. The van der Waals surface area contributed by atoms with E-state index in [1.54, 1.807) is 51.0 Å². The first kappa shape index (κ1) is 24.1. The largest absolute Gasteiger partial charge is 0.345 e. The average molecular weight is 499 g/mol. The van der Waals surface area contributed by atoms with Crippen LogP contribution in [0.5, 0.6) is 0 Å². The molecule has 2 saturated carbocycles. The summed E-state index contributed by atoms with van der Waals surface area (Å²) in [5.74, 6) is -4.48. The summed E-state index contributed by atoms with van der Waals surface area (Å²) in [6, 6.07) is 7.59. The second-order valence-corrected chi connectivity index (χ2v) is 10.0. The lowest BCUT2D eigenvalue weighted by molar-refractivity contribution is 0.0896. The van der Waals surface area contributed by atoms with Gasteiger partial charge in [0.2, 0.25) is 0 Å². The number of nitrogens with one attached hydrogen (secondary N) is 2. The molecule has 4 aromatic rings. The third-order valence-electron chi connectivity index (χ3n) is 7.11. The van der Waals surface area contributed by atoms with Crippen molar-refractivity contribution in [3.05, 3.63) is 95.6 Å². The van der Waals surface area contributed by atoms with Crippen LogP contribution < -0.4 is 0 Å². The first-order chi connectivity index (χ1) is 17.0. The van der Waals surface area contributed by atoms with Crippen LogP contribution in [0.25, 0.3) is 0 Å². The average Bonchev–Trinajstić information content (AvgIpc) is 3.32. The maximum atomic E-state index is 13.2. The van der Waals surface area contributed by atoms with Gasteiger partial charge in [0, 0.05) is 74.3 Å². The molecule has 2 aliphatic rings. The van der Waals surface area contributed by atoms with E-state index in [0.29, 0.717) is 24.5 Å². The number of pyridine rings is 2. The van der Waals surface area contributed by atoms with E-state index < -0.39 is 22.7 Å². The number of hydrogen-bond donors (Lipinski definition) is 2. The number of rotatable bonds is 6. The van der Waals surface area contributed by atoms with Gasteiger partial charge < -0.3 is 9.97 Å². The highest BCUT2D eigenvalue weighted by molar-refractivity contribution is 5.30. The second kappa shape index (κ2) is 8.53. The molecule has 2 atom stereocenters. The van der Waals surface area contributed by atoms with Crippen molar-refractivity contribution in [1.82, 2.24) is 29.9 Å². The van der Waals surface area contributed by atoms with Gasteiger partial charge in [-0.25, -0.2) is 27.5 Å². The summed E-state index contributed by atoms with van der Waals surface area (Å²) in [6.45, 7) is 3.09. The van der Waals surface area contributed by atoms with E-state index in [1.165, 1.54) is 0 Å². The third-order valence-corrected chi connectivity index (χ3v) is 7.11. The lowest BCUT2D eigenvalue weighted by atomic mass is 10.1. The number of alkyl halides is 4. The van der Waals surface area contributed by atoms with E-state index in [1.807, 2.05) is 24.3 Å². The molecule has 4 aromatic heterocycles. The predicted molar refractivity (Wildman–Crippen MR) is 125 cm³/mol. The van der Waals surface area contributed by atoms with Crippen LogP contribution in [0.3, 0.4) is 0 Å². The molecule has 10 heteroatoms. The summed E-state index contributed by atoms with van der Waals surface area (Å²) < 4.78 is 52.9. The van der Waals surface area contributed by atoms with E-state index in [-0.39, 0.29) is 12.8 Å². The van der Waals surface area contributed by atoms with Crippen LogP contribution in [0.15, 0.2) is 61.4 Å². The molecule has 2 aliphatic carbocycles. The second-order valence-electron chi connectivity index (χ2n) is 10.0. The Kier molecular flexibility index (Phi) is 5.72. The SMILES string of the molecule is CC1(c2ncc(Cc3ccncc3)[nH]2)CC1(F)F.C[C@@]1(c2ncc(Cc3ccncc3)[nH]2)CC1(F)F. The Bertz CT molecular complexity index is 1230. The van der Waals surface area contributed by atoms with Crippen LogP contribution in [-0.2, 0) is 23.7 Å². The molecule has 0 radical (unpaired) electrons. The zero-order valence-electron chi connectivity index (χ0n) is 19.9. The van der Waals surface area contributed by atoms with Gasteiger partial charge >= 0.3 is 0 Å². The number of aromatic nitrogens is 6. The summed E-state index contributed by atoms with van der Waals surface area (Å²) in [6.07, 6.45) is 11.2. The highest BCUT2D eigenvalue weighted by Gasteiger charge is 2.71. The van der Waals surface area contributed by atoms with Gasteiger partial charge in [0.25, 0.3) is 11.8 Å². The van der Waals surface area contributed by atoms with E-state index in [4.69, 9.17) is 0 Å². The molecule has 0 bridgehead atoms. The number of halogens is 4. The van der Waals surface area contributed by atoms with Gasteiger partial charge in [-0.1, -0.05) is 0 Å². The fourth-order valence-corrected chi connectivity index (χ4v) is 4.21. The van der Waals surface area contributed by atoms with E-state index in [2.05, 4.69) is 29.9 Å². The number of hydrogen-bond acceptors (Lipinski definition) is 4. The maximum absolute atomic E-state index is 13.2. The topological polar surface area (TPSA) is 83.1 Å². The van der Waals surface area contributed by atoms with Gasteiger partial charge in [-0.2, -0.15) is 0 Å². The molecule has 0 spiro atoms. The Labute approximate surface area is 205 Å². The van der Waals surface area contributed by atoms with Gasteiger partial charge in [-0.15, -0.1) is 0 Å². The molecule has 2 N–H and O–H groups in total. The molecule has 36 heavy (non-hydrogen) atoms. The quantitative estimate of drug-likeness (QED) is 0.350. The van der Waals surface area contributed by atoms with Crippen molar-refractivity contribution in [2.45, 2.75) is 62.2 Å². The highest BCUT2D eigenvalue weighted by Crippen LogP contribution is 2.61. The lowest BCUT2D eigenvalue weighted by Gasteiger charge is -2.05. The van der Waals surface area contributed by atoms with Crippen molar-refractivity contribution in [2.24, 2.45) is 0 Å². The molecule has 6 rings (SSSR count). The van der Waals surface area contributed by atoms with Crippen LogP contribution in [0.2, 0.25) is 0 Å². The molecule has 0 aliphatic heterocycles. The van der Waals surface area contributed by atoms with Gasteiger partial charge in [0.1, 0.15) is 11.6 Å². The standard InChI is InChI=1S/2C13H13F2N3/c2*1-12(8-13(12,14)15)11-17-7-10(18-11)6-9-2-4-16-5-3-9/h2*2-5,7H,6,8H2,1H3,(H,17,18)/t12-;/m0./s1. The van der Waals surface area contributed by atoms with Crippen LogP contribution in [-0.4, -0.2) is 41.7 Å². The van der Waals surface area contributed by atoms with Crippen molar-refractivity contribution >= 4 is 0 Å². The summed E-state index contributed by atoms with van der Waals surface area (Å²) >= 11 is 0. The van der Waals surface area contributed by atoms with E-state index in [0.717, 1.165) is 22.5 Å². The van der Waals surface area contributed by atoms with Crippen LogP contribution in [0.4, 0.5) is 17.6 Å². The summed E-state index contributed by atoms with van der Waals surface area (Å²) in [4.78, 5) is 22.1. The van der Waals surface area contributed by atoms with Gasteiger partial charge in [0.15, 0.2) is 0 Å². The normalized spacial score (nSPS) is 25.1. The van der Waals surface area contributed by atoms with Crippen LogP contribution >= 0.6 is 0 Å². The molecule has 0 aromatic carbocycles. The van der Waals surface area contributed by atoms with E-state index in [9.17, 15) is 17.6 Å². The first-order valence-corrected chi connectivity index (χ1v) is 11.6.